The summed E-state index contributed by atoms with van der Waals surface area (Å²) >= 11 is 0. The van der Waals surface area contributed by atoms with Crippen molar-refractivity contribution in [1.82, 2.24) is 0 Å². The molecule has 2 aliphatic rings. The lowest BCUT2D eigenvalue weighted by atomic mass is 9.95. The second-order valence-corrected chi connectivity index (χ2v) is 6.13. The lowest BCUT2D eigenvalue weighted by Crippen LogP contribution is -2.34. The molecule has 0 saturated heterocycles. The highest BCUT2D eigenvalue weighted by atomic mass is 16.6. The Morgan fingerprint density at radius 1 is 0.619 bits per heavy atom. The standard InChI is InChI=1S/C16H30O5/c17-13-5-1-3-7-15(13)20-11-9-19-10-12-21-16-8-4-2-6-14(16)18/h13-18H,1-12H2/t13-,14-,15+,16+/m1/s1. The van der Waals surface area contributed by atoms with Crippen molar-refractivity contribution < 1.29 is 24.4 Å². The van der Waals surface area contributed by atoms with E-state index in [9.17, 15) is 10.2 Å². The predicted molar refractivity (Wildman–Crippen MR) is 79.2 cm³/mol. The molecule has 2 fully saturated rings. The van der Waals surface area contributed by atoms with Crippen LogP contribution in [0.5, 0.6) is 0 Å². The van der Waals surface area contributed by atoms with Crippen molar-refractivity contribution >= 4 is 0 Å². The van der Waals surface area contributed by atoms with Crippen LogP contribution in [-0.4, -0.2) is 61.1 Å². The Hall–Kier alpha value is -0.200. The summed E-state index contributed by atoms with van der Waals surface area (Å²) in [5.74, 6) is 0. The number of rotatable bonds is 8. The van der Waals surface area contributed by atoms with Gasteiger partial charge in [-0.2, -0.15) is 0 Å². The van der Waals surface area contributed by atoms with Crippen LogP contribution in [0.2, 0.25) is 0 Å². The first-order chi connectivity index (χ1) is 10.3. The van der Waals surface area contributed by atoms with Gasteiger partial charge in [0, 0.05) is 0 Å². The molecule has 0 radical (unpaired) electrons. The second kappa shape index (κ2) is 9.74. The van der Waals surface area contributed by atoms with Gasteiger partial charge in [-0.15, -0.1) is 0 Å². The Morgan fingerprint density at radius 2 is 1.05 bits per heavy atom. The normalized spacial score (nSPS) is 34.0. The molecule has 2 N–H and O–H groups in total. The summed E-state index contributed by atoms with van der Waals surface area (Å²) in [7, 11) is 0. The molecule has 0 heterocycles. The second-order valence-electron chi connectivity index (χ2n) is 6.13. The average Bonchev–Trinajstić information content (AvgIpc) is 2.50. The minimum absolute atomic E-state index is 0.0176. The SMILES string of the molecule is O[C@@H]1CCCC[C@@H]1OCCOCCO[C@H]1CCCC[C@H]1O. The van der Waals surface area contributed by atoms with E-state index in [1.807, 2.05) is 0 Å². The quantitative estimate of drug-likeness (QED) is 0.667. The van der Waals surface area contributed by atoms with Gasteiger partial charge < -0.3 is 24.4 Å². The van der Waals surface area contributed by atoms with Crippen molar-refractivity contribution in [3.63, 3.8) is 0 Å². The first-order valence-corrected chi connectivity index (χ1v) is 8.44. The molecule has 5 nitrogen and oxygen atoms in total. The molecule has 124 valence electrons. The van der Waals surface area contributed by atoms with Gasteiger partial charge in [0.25, 0.3) is 0 Å². The van der Waals surface area contributed by atoms with Crippen LogP contribution < -0.4 is 0 Å². The zero-order valence-corrected chi connectivity index (χ0v) is 12.9. The Kier molecular flexibility index (Phi) is 7.96. The van der Waals surface area contributed by atoms with Gasteiger partial charge in [-0.05, 0) is 25.7 Å². The van der Waals surface area contributed by atoms with Crippen LogP contribution in [0.15, 0.2) is 0 Å². The molecule has 0 spiro atoms. The first kappa shape index (κ1) is 17.2. The highest BCUT2D eigenvalue weighted by Gasteiger charge is 2.24. The van der Waals surface area contributed by atoms with Crippen molar-refractivity contribution in [3.8, 4) is 0 Å². The first-order valence-electron chi connectivity index (χ1n) is 8.44. The predicted octanol–water partition coefficient (Wildman–Crippen LogP) is 1.64. The van der Waals surface area contributed by atoms with Crippen LogP contribution in [0, 0.1) is 0 Å². The number of hydrogen-bond donors (Lipinski definition) is 2. The number of ether oxygens (including phenoxy) is 3. The molecule has 0 amide bonds. The number of aliphatic hydroxyl groups is 2. The molecule has 0 aromatic rings. The lowest BCUT2D eigenvalue weighted by Gasteiger charge is -2.28. The molecule has 21 heavy (non-hydrogen) atoms. The summed E-state index contributed by atoms with van der Waals surface area (Å²) in [4.78, 5) is 0. The third kappa shape index (κ3) is 6.20. The summed E-state index contributed by atoms with van der Waals surface area (Å²) in [5, 5.41) is 19.5. The maximum atomic E-state index is 9.77. The van der Waals surface area contributed by atoms with Crippen molar-refractivity contribution in [2.45, 2.75) is 75.8 Å². The van der Waals surface area contributed by atoms with Crippen LogP contribution in [0.3, 0.4) is 0 Å². The van der Waals surface area contributed by atoms with Gasteiger partial charge >= 0.3 is 0 Å². The molecule has 0 aromatic carbocycles. The average molecular weight is 302 g/mol. The molecular formula is C16H30O5. The molecule has 0 unspecified atom stereocenters. The Balaban J connectivity index is 1.43. The van der Waals surface area contributed by atoms with E-state index in [2.05, 4.69) is 0 Å². The van der Waals surface area contributed by atoms with E-state index in [4.69, 9.17) is 14.2 Å². The van der Waals surface area contributed by atoms with Crippen molar-refractivity contribution in [3.05, 3.63) is 0 Å². The number of hydrogen-bond acceptors (Lipinski definition) is 5. The molecular weight excluding hydrogens is 272 g/mol. The fourth-order valence-electron chi connectivity index (χ4n) is 3.16. The van der Waals surface area contributed by atoms with Gasteiger partial charge in [-0.1, -0.05) is 25.7 Å². The van der Waals surface area contributed by atoms with Gasteiger partial charge in [0.1, 0.15) is 0 Å². The van der Waals surface area contributed by atoms with E-state index in [-0.39, 0.29) is 24.4 Å². The van der Waals surface area contributed by atoms with Gasteiger partial charge in [-0.25, -0.2) is 0 Å². The minimum Gasteiger partial charge on any atom is -0.390 e. The minimum atomic E-state index is -0.310. The summed E-state index contributed by atoms with van der Waals surface area (Å²) in [6, 6.07) is 0. The van der Waals surface area contributed by atoms with Crippen LogP contribution >= 0.6 is 0 Å². The lowest BCUT2D eigenvalue weighted by molar-refractivity contribution is -0.0903. The van der Waals surface area contributed by atoms with Crippen LogP contribution in [0.25, 0.3) is 0 Å². The van der Waals surface area contributed by atoms with Gasteiger partial charge in [0.2, 0.25) is 0 Å². The van der Waals surface area contributed by atoms with Gasteiger partial charge in [0.05, 0.1) is 50.8 Å². The highest BCUT2D eigenvalue weighted by molar-refractivity contribution is 4.75. The van der Waals surface area contributed by atoms with E-state index in [0.717, 1.165) is 51.4 Å². The molecule has 5 heteroatoms. The van der Waals surface area contributed by atoms with E-state index in [1.54, 1.807) is 0 Å². The molecule has 0 bridgehead atoms. The maximum absolute atomic E-state index is 9.77. The number of aliphatic hydroxyl groups excluding tert-OH is 2. The van der Waals surface area contributed by atoms with Crippen LogP contribution in [-0.2, 0) is 14.2 Å². The molecule has 0 aliphatic heterocycles. The zero-order chi connectivity index (χ0) is 14.9. The smallest absolute Gasteiger partial charge is 0.0835 e. The molecule has 4 atom stereocenters. The third-order valence-corrected chi connectivity index (χ3v) is 4.45. The third-order valence-electron chi connectivity index (χ3n) is 4.45. The molecule has 0 aromatic heterocycles. The van der Waals surface area contributed by atoms with Crippen molar-refractivity contribution in [2.75, 3.05) is 26.4 Å². The van der Waals surface area contributed by atoms with E-state index < -0.39 is 0 Å². The summed E-state index contributed by atoms with van der Waals surface area (Å²) in [6.45, 7) is 2.10. The highest BCUT2D eigenvalue weighted by Crippen LogP contribution is 2.21. The molecule has 2 rings (SSSR count). The van der Waals surface area contributed by atoms with Crippen molar-refractivity contribution in [2.24, 2.45) is 0 Å². The zero-order valence-electron chi connectivity index (χ0n) is 12.9. The van der Waals surface area contributed by atoms with Crippen LogP contribution in [0.4, 0.5) is 0 Å². The molecule has 2 aliphatic carbocycles. The van der Waals surface area contributed by atoms with Gasteiger partial charge in [0.15, 0.2) is 0 Å². The Labute approximate surface area is 127 Å². The van der Waals surface area contributed by atoms with E-state index in [1.165, 1.54) is 0 Å². The fourth-order valence-corrected chi connectivity index (χ4v) is 3.16. The van der Waals surface area contributed by atoms with Crippen molar-refractivity contribution in [1.29, 1.82) is 0 Å². The molecule has 2 saturated carbocycles. The summed E-state index contributed by atoms with van der Waals surface area (Å²) < 4.78 is 16.8. The van der Waals surface area contributed by atoms with Gasteiger partial charge in [-0.3, -0.25) is 0 Å². The topological polar surface area (TPSA) is 68.2 Å². The summed E-state index contributed by atoms with van der Waals surface area (Å²) in [6.07, 6.45) is 7.42. The summed E-state index contributed by atoms with van der Waals surface area (Å²) in [5.41, 5.74) is 0. The largest absolute Gasteiger partial charge is 0.390 e. The Morgan fingerprint density at radius 3 is 1.48 bits per heavy atom. The maximum Gasteiger partial charge on any atom is 0.0835 e. The van der Waals surface area contributed by atoms with Crippen LogP contribution in [0.1, 0.15) is 51.4 Å². The van der Waals surface area contributed by atoms with E-state index in [0.29, 0.717) is 26.4 Å². The fraction of sp³-hybridized carbons (Fsp3) is 1.00. The Bertz CT molecular complexity index is 247. The monoisotopic (exact) mass is 302 g/mol. The van der Waals surface area contributed by atoms with E-state index >= 15 is 0 Å².